The van der Waals surface area contributed by atoms with Crippen molar-refractivity contribution in [2.45, 2.75) is 0 Å². The van der Waals surface area contributed by atoms with E-state index in [1.807, 2.05) is 42.5 Å². The molecule has 0 aliphatic heterocycles. The molecule has 0 saturated carbocycles. The minimum Gasteiger partial charge on any atom is -0.345 e. The van der Waals surface area contributed by atoms with Gasteiger partial charge in [-0.2, -0.15) is 0 Å². The number of carbonyl (C=O) groups is 1. The van der Waals surface area contributed by atoms with E-state index in [-0.39, 0.29) is 5.78 Å². The molecule has 2 N–H and O–H groups in total. The standard InChI is InChI=1S/C19H14N4O/c24-18(13-5-4-10-20-11-13)16-12-21-19-15(16)8-9-17(23-19)22-14-6-2-1-3-7-14/h1-12H,(H2,21,22,23). The van der Waals surface area contributed by atoms with Crippen molar-refractivity contribution in [3.05, 3.63) is 84.3 Å². The van der Waals surface area contributed by atoms with Gasteiger partial charge in [0.05, 0.1) is 0 Å². The molecule has 0 unspecified atom stereocenters. The second-order valence-corrected chi connectivity index (χ2v) is 5.36. The van der Waals surface area contributed by atoms with Crippen molar-refractivity contribution in [1.29, 1.82) is 0 Å². The largest absolute Gasteiger partial charge is 0.345 e. The Kier molecular flexibility index (Phi) is 3.51. The normalized spacial score (nSPS) is 10.7. The number of ketones is 1. The molecule has 0 aliphatic rings. The zero-order valence-corrected chi connectivity index (χ0v) is 12.7. The number of nitrogens with one attached hydrogen (secondary N) is 2. The third-order valence-electron chi connectivity index (χ3n) is 3.75. The zero-order chi connectivity index (χ0) is 16.4. The lowest BCUT2D eigenvalue weighted by molar-refractivity contribution is 0.104. The van der Waals surface area contributed by atoms with Gasteiger partial charge >= 0.3 is 0 Å². The molecule has 1 aromatic carbocycles. The van der Waals surface area contributed by atoms with E-state index in [4.69, 9.17) is 0 Å². The average molecular weight is 314 g/mol. The van der Waals surface area contributed by atoms with Crippen LogP contribution in [-0.4, -0.2) is 20.7 Å². The maximum absolute atomic E-state index is 12.6. The highest BCUT2D eigenvalue weighted by atomic mass is 16.1. The molecule has 0 spiro atoms. The van der Waals surface area contributed by atoms with Gasteiger partial charge in [0.1, 0.15) is 11.5 Å². The summed E-state index contributed by atoms with van der Waals surface area (Å²) in [5.74, 6) is 0.649. The van der Waals surface area contributed by atoms with Gasteiger partial charge in [-0.1, -0.05) is 18.2 Å². The van der Waals surface area contributed by atoms with Gasteiger partial charge in [-0.15, -0.1) is 0 Å². The summed E-state index contributed by atoms with van der Waals surface area (Å²) in [7, 11) is 0. The first kappa shape index (κ1) is 14.1. The summed E-state index contributed by atoms with van der Waals surface area (Å²) in [5, 5.41) is 4.03. The first-order chi connectivity index (χ1) is 11.8. The lowest BCUT2D eigenvalue weighted by Crippen LogP contribution is -2.00. The molecule has 24 heavy (non-hydrogen) atoms. The van der Waals surface area contributed by atoms with Gasteiger partial charge in [0.25, 0.3) is 0 Å². The zero-order valence-electron chi connectivity index (χ0n) is 12.7. The molecule has 4 aromatic rings. The fourth-order valence-corrected chi connectivity index (χ4v) is 2.58. The molecule has 3 aromatic heterocycles. The van der Waals surface area contributed by atoms with Crippen LogP contribution in [0.2, 0.25) is 0 Å². The van der Waals surface area contributed by atoms with Crippen LogP contribution in [0.3, 0.4) is 0 Å². The molecule has 5 nitrogen and oxygen atoms in total. The molecule has 116 valence electrons. The maximum Gasteiger partial charge on any atom is 0.196 e. The number of fused-ring (bicyclic) bond motifs is 1. The fourth-order valence-electron chi connectivity index (χ4n) is 2.58. The molecule has 4 rings (SSSR count). The van der Waals surface area contributed by atoms with E-state index >= 15 is 0 Å². The Labute approximate surface area is 138 Å². The van der Waals surface area contributed by atoms with Gasteiger partial charge < -0.3 is 10.3 Å². The van der Waals surface area contributed by atoms with Crippen LogP contribution >= 0.6 is 0 Å². The number of benzene rings is 1. The van der Waals surface area contributed by atoms with Crippen LogP contribution in [-0.2, 0) is 0 Å². The summed E-state index contributed by atoms with van der Waals surface area (Å²) in [6.07, 6.45) is 4.91. The van der Waals surface area contributed by atoms with Crippen LogP contribution in [0, 0.1) is 0 Å². The van der Waals surface area contributed by atoms with E-state index in [1.54, 1.807) is 30.7 Å². The highest BCUT2D eigenvalue weighted by Crippen LogP contribution is 2.23. The number of aromatic nitrogens is 3. The van der Waals surface area contributed by atoms with Crippen molar-refractivity contribution in [2.75, 3.05) is 5.32 Å². The van der Waals surface area contributed by atoms with Gasteiger partial charge in [0.2, 0.25) is 0 Å². The summed E-state index contributed by atoms with van der Waals surface area (Å²) in [4.78, 5) is 24.2. The Hall–Kier alpha value is -3.47. The molecule has 0 saturated heterocycles. The van der Waals surface area contributed by atoms with Crippen molar-refractivity contribution >= 4 is 28.3 Å². The molecule has 0 atom stereocenters. The van der Waals surface area contributed by atoms with E-state index in [9.17, 15) is 4.79 Å². The van der Waals surface area contributed by atoms with E-state index < -0.39 is 0 Å². The molecule has 0 aliphatic carbocycles. The number of rotatable bonds is 4. The van der Waals surface area contributed by atoms with Crippen LogP contribution in [0.5, 0.6) is 0 Å². The Balaban J connectivity index is 1.67. The summed E-state index contributed by atoms with van der Waals surface area (Å²) in [6.45, 7) is 0. The molecular formula is C19H14N4O. The van der Waals surface area contributed by atoms with E-state index in [0.717, 1.165) is 16.9 Å². The van der Waals surface area contributed by atoms with Crippen LogP contribution < -0.4 is 5.32 Å². The molecular weight excluding hydrogens is 300 g/mol. The highest BCUT2D eigenvalue weighted by Gasteiger charge is 2.15. The van der Waals surface area contributed by atoms with Crippen molar-refractivity contribution in [3.8, 4) is 0 Å². The minimum atomic E-state index is -0.0695. The van der Waals surface area contributed by atoms with Crippen molar-refractivity contribution < 1.29 is 4.79 Å². The molecule has 5 heteroatoms. The number of aromatic amines is 1. The van der Waals surface area contributed by atoms with Crippen LogP contribution in [0.25, 0.3) is 11.0 Å². The minimum absolute atomic E-state index is 0.0695. The monoisotopic (exact) mass is 314 g/mol. The van der Waals surface area contributed by atoms with Crippen LogP contribution in [0.4, 0.5) is 11.5 Å². The smallest absolute Gasteiger partial charge is 0.196 e. The third kappa shape index (κ3) is 2.63. The number of hydrogen-bond donors (Lipinski definition) is 2. The van der Waals surface area contributed by atoms with Crippen molar-refractivity contribution in [2.24, 2.45) is 0 Å². The summed E-state index contributed by atoms with van der Waals surface area (Å²) in [6, 6.07) is 17.1. The van der Waals surface area contributed by atoms with Gasteiger partial charge in [-0.25, -0.2) is 4.98 Å². The molecule has 0 amide bonds. The summed E-state index contributed by atoms with van der Waals surface area (Å²) >= 11 is 0. The Morgan fingerprint density at radius 1 is 1.00 bits per heavy atom. The predicted octanol–water partition coefficient (Wildman–Crippen LogP) is 3.93. The lowest BCUT2D eigenvalue weighted by atomic mass is 10.1. The summed E-state index contributed by atoms with van der Waals surface area (Å²) in [5.41, 5.74) is 2.78. The van der Waals surface area contributed by atoms with Crippen molar-refractivity contribution in [3.63, 3.8) is 0 Å². The Morgan fingerprint density at radius 3 is 2.67 bits per heavy atom. The molecule has 0 radical (unpaired) electrons. The second-order valence-electron chi connectivity index (χ2n) is 5.36. The predicted molar refractivity (Wildman–Crippen MR) is 93.5 cm³/mol. The number of pyridine rings is 2. The second kappa shape index (κ2) is 5.96. The number of H-pyrrole nitrogens is 1. The fraction of sp³-hybridized carbons (Fsp3) is 0. The number of carbonyl (C=O) groups excluding carboxylic acids is 1. The topological polar surface area (TPSA) is 70.7 Å². The Morgan fingerprint density at radius 2 is 1.88 bits per heavy atom. The third-order valence-corrected chi connectivity index (χ3v) is 3.75. The van der Waals surface area contributed by atoms with Crippen LogP contribution in [0.1, 0.15) is 15.9 Å². The van der Waals surface area contributed by atoms with E-state index in [0.29, 0.717) is 16.8 Å². The van der Waals surface area contributed by atoms with Gasteiger partial charge in [0, 0.05) is 40.8 Å². The molecule has 0 bridgehead atoms. The maximum atomic E-state index is 12.6. The molecule has 0 fully saturated rings. The highest BCUT2D eigenvalue weighted by molar-refractivity contribution is 6.15. The number of nitrogens with zero attached hydrogens (tertiary/aromatic N) is 2. The number of para-hydroxylation sites is 1. The molecule has 3 heterocycles. The van der Waals surface area contributed by atoms with Crippen LogP contribution in [0.15, 0.2) is 73.2 Å². The van der Waals surface area contributed by atoms with Gasteiger partial charge in [-0.3, -0.25) is 9.78 Å². The summed E-state index contributed by atoms with van der Waals surface area (Å²) < 4.78 is 0. The van der Waals surface area contributed by atoms with Gasteiger partial charge in [-0.05, 0) is 36.4 Å². The number of hydrogen-bond acceptors (Lipinski definition) is 4. The quantitative estimate of drug-likeness (QED) is 0.560. The number of anilines is 2. The van der Waals surface area contributed by atoms with Gasteiger partial charge in [0.15, 0.2) is 5.78 Å². The Bertz CT molecular complexity index is 994. The first-order valence-electron chi connectivity index (χ1n) is 7.56. The average Bonchev–Trinajstić information content (AvgIpc) is 3.06. The van der Waals surface area contributed by atoms with E-state index in [2.05, 4.69) is 20.3 Å². The van der Waals surface area contributed by atoms with Crippen molar-refractivity contribution in [1.82, 2.24) is 15.0 Å². The van der Waals surface area contributed by atoms with E-state index in [1.165, 1.54) is 0 Å². The SMILES string of the molecule is O=C(c1cccnc1)c1c[nH]c2nc(Nc3ccccc3)ccc12. The first-order valence-corrected chi connectivity index (χ1v) is 7.56. The lowest BCUT2D eigenvalue weighted by Gasteiger charge is -2.05.